The van der Waals surface area contributed by atoms with Gasteiger partial charge in [-0.1, -0.05) is 19.1 Å². The van der Waals surface area contributed by atoms with Crippen LogP contribution in [0.3, 0.4) is 0 Å². The second-order valence-corrected chi connectivity index (χ2v) is 7.01. The number of carbonyl (C=O) groups excluding carboxylic acids is 2. The van der Waals surface area contributed by atoms with E-state index in [1.807, 2.05) is 20.0 Å². The fourth-order valence-electron chi connectivity index (χ4n) is 3.28. The van der Waals surface area contributed by atoms with Crippen LogP contribution < -0.4 is 0 Å². The van der Waals surface area contributed by atoms with Crippen molar-refractivity contribution in [1.29, 1.82) is 0 Å². The van der Waals surface area contributed by atoms with Gasteiger partial charge in [-0.15, -0.1) is 5.10 Å². The lowest BCUT2D eigenvalue weighted by molar-refractivity contribution is -0.152. The third-order valence-electron chi connectivity index (χ3n) is 4.73. The number of β-amino-alcohol motifs (C(OH)–C–C–N with tert-alkyl or cyclic N) is 1. The quantitative estimate of drug-likeness (QED) is 0.786. The van der Waals surface area contributed by atoms with Crippen molar-refractivity contribution >= 4 is 11.9 Å². The van der Waals surface area contributed by atoms with Crippen LogP contribution in [0.4, 0.5) is 0 Å². The maximum Gasteiger partial charge on any atom is 0.328 e. The van der Waals surface area contributed by atoms with E-state index >= 15 is 0 Å². The molecule has 2 aliphatic rings. The van der Waals surface area contributed by atoms with Crippen LogP contribution in [0.15, 0.2) is 6.20 Å². The van der Waals surface area contributed by atoms with Gasteiger partial charge in [0.1, 0.15) is 12.1 Å². The highest BCUT2D eigenvalue weighted by atomic mass is 16.5. The Hall–Kier alpha value is -1.96. The van der Waals surface area contributed by atoms with E-state index in [1.54, 1.807) is 4.68 Å². The molecular weight excluding hydrogens is 312 g/mol. The van der Waals surface area contributed by atoms with Gasteiger partial charge < -0.3 is 14.7 Å². The summed E-state index contributed by atoms with van der Waals surface area (Å²) in [6.45, 7) is 3.99. The first-order valence-electron chi connectivity index (χ1n) is 8.40. The Kier molecular flexibility index (Phi) is 4.58. The average Bonchev–Trinajstić information content (AvgIpc) is 3.15. The van der Waals surface area contributed by atoms with Gasteiger partial charge in [-0.3, -0.25) is 4.79 Å². The van der Waals surface area contributed by atoms with Crippen molar-refractivity contribution in [1.82, 2.24) is 19.9 Å². The van der Waals surface area contributed by atoms with Gasteiger partial charge in [0.15, 0.2) is 0 Å². The fourth-order valence-corrected chi connectivity index (χ4v) is 3.28. The Labute approximate surface area is 140 Å². The number of hydrogen-bond acceptors (Lipinski definition) is 6. The zero-order valence-electron chi connectivity index (χ0n) is 14.3. The summed E-state index contributed by atoms with van der Waals surface area (Å²) in [6, 6.07) is -1.30. The molecule has 8 heteroatoms. The lowest BCUT2D eigenvalue weighted by Gasteiger charge is -2.29. The molecule has 0 unspecified atom stereocenters. The second-order valence-electron chi connectivity index (χ2n) is 7.01. The molecule has 0 bridgehead atoms. The molecule has 1 N–H and O–H groups in total. The van der Waals surface area contributed by atoms with Gasteiger partial charge in [0.25, 0.3) is 0 Å². The van der Waals surface area contributed by atoms with Crippen LogP contribution in [0, 0.1) is 5.92 Å². The SMILES string of the molecule is COC(=O)[C@@H]1C[C@@H](O)CN1C(=O)[C@H](C(C)C)n1cc(C2CC2)nn1. The van der Waals surface area contributed by atoms with E-state index < -0.39 is 24.2 Å². The summed E-state index contributed by atoms with van der Waals surface area (Å²) in [5.41, 5.74) is 0.916. The molecule has 1 aromatic heterocycles. The summed E-state index contributed by atoms with van der Waals surface area (Å²) in [5, 5.41) is 18.2. The number of esters is 1. The van der Waals surface area contributed by atoms with Gasteiger partial charge in [-0.25, -0.2) is 9.48 Å². The van der Waals surface area contributed by atoms with E-state index in [0.717, 1.165) is 18.5 Å². The smallest absolute Gasteiger partial charge is 0.328 e. The van der Waals surface area contributed by atoms with Gasteiger partial charge >= 0.3 is 5.97 Å². The number of methoxy groups -OCH3 is 1. The first kappa shape index (κ1) is 16.9. The number of ether oxygens (including phenoxy) is 1. The lowest BCUT2D eigenvalue weighted by atomic mass is 10.0. The molecule has 1 saturated carbocycles. The third kappa shape index (κ3) is 3.15. The Morgan fingerprint density at radius 2 is 2.08 bits per heavy atom. The van der Waals surface area contributed by atoms with Gasteiger partial charge in [0, 0.05) is 25.1 Å². The standard InChI is InChI=1S/C16H24N4O4/c1-9(2)14(20-8-12(17-18-20)10-4-5-10)15(22)19-7-11(21)6-13(19)16(23)24-3/h8-11,13-14,21H,4-7H2,1-3H3/t11-,13+,14+/m1/s1. The molecular formula is C16H24N4O4. The van der Waals surface area contributed by atoms with Crippen LogP contribution >= 0.6 is 0 Å². The van der Waals surface area contributed by atoms with Gasteiger partial charge in [-0.05, 0) is 18.8 Å². The van der Waals surface area contributed by atoms with Crippen molar-refractivity contribution in [2.24, 2.45) is 5.92 Å². The Balaban J connectivity index is 1.84. The summed E-state index contributed by atoms with van der Waals surface area (Å²) in [4.78, 5) is 26.4. The molecule has 1 aliphatic heterocycles. The van der Waals surface area contributed by atoms with Crippen LogP contribution in [-0.2, 0) is 14.3 Å². The number of nitrogens with zero attached hydrogens (tertiary/aromatic N) is 4. The molecule has 0 spiro atoms. The predicted octanol–water partition coefficient (Wildman–Crippen LogP) is 0.487. The topological polar surface area (TPSA) is 97.6 Å². The van der Waals surface area contributed by atoms with Crippen molar-refractivity contribution in [2.45, 2.75) is 57.2 Å². The molecule has 1 saturated heterocycles. The first-order valence-corrected chi connectivity index (χ1v) is 8.40. The molecule has 132 valence electrons. The first-order chi connectivity index (χ1) is 11.4. The minimum absolute atomic E-state index is 0.0257. The van der Waals surface area contributed by atoms with Crippen LogP contribution in [0.25, 0.3) is 0 Å². The van der Waals surface area contributed by atoms with E-state index in [0.29, 0.717) is 5.92 Å². The zero-order valence-corrected chi connectivity index (χ0v) is 14.3. The summed E-state index contributed by atoms with van der Waals surface area (Å²) in [5.74, 6) is -0.302. The molecule has 24 heavy (non-hydrogen) atoms. The van der Waals surface area contributed by atoms with Crippen LogP contribution in [0.5, 0.6) is 0 Å². The number of hydrogen-bond donors (Lipinski definition) is 1. The highest BCUT2D eigenvalue weighted by Crippen LogP contribution is 2.39. The number of carbonyl (C=O) groups is 2. The molecule has 0 aromatic carbocycles. The molecule has 2 heterocycles. The largest absolute Gasteiger partial charge is 0.467 e. The summed E-state index contributed by atoms with van der Waals surface area (Å²) < 4.78 is 6.37. The summed E-state index contributed by atoms with van der Waals surface area (Å²) in [7, 11) is 1.29. The Bertz CT molecular complexity index is 625. The zero-order chi connectivity index (χ0) is 17.4. The van der Waals surface area contributed by atoms with Crippen molar-refractivity contribution in [2.75, 3.05) is 13.7 Å². The van der Waals surface area contributed by atoms with E-state index in [2.05, 4.69) is 10.3 Å². The lowest BCUT2D eigenvalue weighted by Crippen LogP contribution is -2.46. The molecule has 1 amide bonds. The maximum absolute atomic E-state index is 13.1. The van der Waals surface area contributed by atoms with E-state index in [9.17, 15) is 14.7 Å². The highest BCUT2D eigenvalue weighted by Gasteiger charge is 2.43. The molecule has 3 rings (SSSR count). The fraction of sp³-hybridized carbons (Fsp3) is 0.750. The third-order valence-corrected chi connectivity index (χ3v) is 4.73. The minimum Gasteiger partial charge on any atom is -0.467 e. The molecule has 1 aromatic rings. The highest BCUT2D eigenvalue weighted by molar-refractivity contribution is 5.87. The minimum atomic E-state index is -0.745. The number of aliphatic hydroxyl groups is 1. The van der Waals surface area contributed by atoms with Crippen LogP contribution in [-0.4, -0.2) is 62.7 Å². The maximum atomic E-state index is 13.1. The van der Waals surface area contributed by atoms with Crippen LogP contribution in [0.2, 0.25) is 0 Å². The van der Waals surface area contributed by atoms with E-state index in [4.69, 9.17) is 4.74 Å². The Morgan fingerprint density at radius 3 is 2.67 bits per heavy atom. The number of rotatable bonds is 5. The van der Waals surface area contributed by atoms with Gasteiger partial charge in [0.2, 0.25) is 5.91 Å². The molecule has 8 nitrogen and oxygen atoms in total. The van der Waals surface area contributed by atoms with E-state index in [-0.39, 0.29) is 24.8 Å². The van der Waals surface area contributed by atoms with Crippen molar-refractivity contribution < 1.29 is 19.4 Å². The monoisotopic (exact) mass is 336 g/mol. The summed E-state index contributed by atoms with van der Waals surface area (Å²) >= 11 is 0. The number of likely N-dealkylation sites (tertiary alicyclic amines) is 1. The van der Waals surface area contributed by atoms with E-state index in [1.165, 1.54) is 12.0 Å². The normalized spacial score (nSPS) is 25.1. The predicted molar refractivity (Wildman–Crippen MR) is 84.0 cm³/mol. The number of amides is 1. The van der Waals surface area contributed by atoms with Crippen molar-refractivity contribution in [3.63, 3.8) is 0 Å². The number of aliphatic hydroxyl groups excluding tert-OH is 1. The number of aromatic nitrogens is 3. The van der Waals surface area contributed by atoms with Crippen molar-refractivity contribution in [3.05, 3.63) is 11.9 Å². The average molecular weight is 336 g/mol. The molecule has 3 atom stereocenters. The van der Waals surface area contributed by atoms with Gasteiger partial charge in [-0.2, -0.15) is 0 Å². The molecule has 1 aliphatic carbocycles. The second kappa shape index (κ2) is 6.51. The molecule has 2 fully saturated rings. The molecule has 0 radical (unpaired) electrons. The van der Waals surface area contributed by atoms with Crippen molar-refractivity contribution in [3.8, 4) is 0 Å². The van der Waals surface area contributed by atoms with Crippen LogP contribution in [0.1, 0.15) is 50.8 Å². The Morgan fingerprint density at radius 1 is 1.38 bits per heavy atom. The van der Waals surface area contributed by atoms with Gasteiger partial charge in [0.05, 0.1) is 18.9 Å². The summed E-state index contributed by atoms with van der Waals surface area (Å²) in [6.07, 6.45) is 3.54.